The summed E-state index contributed by atoms with van der Waals surface area (Å²) in [6.45, 7) is 5.36. The third-order valence-corrected chi connectivity index (χ3v) is 6.50. The van der Waals surface area contributed by atoms with Crippen LogP contribution in [0.2, 0.25) is 0 Å². The van der Waals surface area contributed by atoms with Gasteiger partial charge < -0.3 is 9.88 Å². The van der Waals surface area contributed by atoms with Crippen LogP contribution in [0.25, 0.3) is 5.69 Å². The number of hydrogen-bond acceptors (Lipinski definition) is 3. The molecule has 1 saturated heterocycles. The highest BCUT2D eigenvalue weighted by molar-refractivity contribution is 6.11. The Morgan fingerprint density at radius 3 is 2.53 bits per heavy atom. The Balaban J connectivity index is 1.58. The molecule has 158 valence electrons. The molecule has 2 aromatic rings. The fourth-order valence-electron chi connectivity index (χ4n) is 4.69. The van der Waals surface area contributed by atoms with Crippen LogP contribution in [0.5, 0.6) is 0 Å². The molecule has 0 unspecified atom stereocenters. The van der Waals surface area contributed by atoms with Crippen LogP contribution in [-0.2, 0) is 4.79 Å². The van der Waals surface area contributed by atoms with Gasteiger partial charge in [0.1, 0.15) is 11.4 Å². The first-order chi connectivity index (χ1) is 14.2. The Bertz CT molecular complexity index is 1030. The molecule has 3 amide bonds. The average molecular weight is 411 g/mol. The number of imide groups is 1. The van der Waals surface area contributed by atoms with Gasteiger partial charge in [-0.3, -0.25) is 14.5 Å². The van der Waals surface area contributed by atoms with Crippen LogP contribution in [-0.4, -0.2) is 39.3 Å². The molecule has 1 aromatic carbocycles. The second-order valence-electron chi connectivity index (χ2n) is 8.58. The van der Waals surface area contributed by atoms with Gasteiger partial charge in [0.25, 0.3) is 5.91 Å². The molecular formula is C23H26FN3O3. The molecule has 30 heavy (non-hydrogen) atoms. The Morgan fingerprint density at radius 2 is 1.87 bits per heavy atom. The standard InChI is InChI=1S/C23H26FN3O3/c1-14-8-10-23(11-9-14)21(29)26(22(30)25-23)13-20(28)17-12-15(2)27(16(17)3)19-7-5-4-6-18(19)24/h4-7,12,14H,8-11,13H2,1-3H3,(H,25,30). The summed E-state index contributed by atoms with van der Waals surface area (Å²) in [4.78, 5) is 39.6. The number of rotatable bonds is 4. The van der Waals surface area contributed by atoms with Crippen LogP contribution in [0.3, 0.4) is 0 Å². The molecule has 1 N–H and O–H groups in total. The number of para-hydroxylation sites is 1. The zero-order valence-electron chi connectivity index (χ0n) is 17.5. The van der Waals surface area contributed by atoms with Crippen LogP contribution < -0.4 is 5.32 Å². The van der Waals surface area contributed by atoms with Crippen molar-refractivity contribution in [3.05, 3.63) is 53.1 Å². The van der Waals surface area contributed by atoms with Crippen LogP contribution in [0.4, 0.5) is 9.18 Å². The van der Waals surface area contributed by atoms with Gasteiger partial charge in [0.2, 0.25) is 0 Å². The third-order valence-electron chi connectivity index (χ3n) is 6.50. The first-order valence-corrected chi connectivity index (χ1v) is 10.3. The van der Waals surface area contributed by atoms with E-state index >= 15 is 0 Å². The van der Waals surface area contributed by atoms with E-state index in [-0.39, 0.29) is 24.1 Å². The minimum atomic E-state index is -0.867. The molecular weight excluding hydrogens is 385 g/mol. The Kier molecular flexibility index (Phi) is 5.00. The lowest BCUT2D eigenvalue weighted by atomic mass is 9.77. The maximum absolute atomic E-state index is 14.3. The summed E-state index contributed by atoms with van der Waals surface area (Å²) >= 11 is 0. The van der Waals surface area contributed by atoms with Gasteiger partial charge in [-0.2, -0.15) is 0 Å². The summed E-state index contributed by atoms with van der Waals surface area (Å²) in [5.74, 6) is -0.508. The fourth-order valence-corrected chi connectivity index (χ4v) is 4.69. The number of hydrogen-bond donors (Lipinski definition) is 1. The van der Waals surface area contributed by atoms with E-state index in [2.05, 4.69) is 12.2 Å². The number of amides is 3. The largest absolute Gasteiger partial charge is 0.325 e. The van der Waals surface area contributed by atoms with Crippen molar-refractivity contribution < 1.29 is 18.8 Å². The Hall–Kier alpha value is -2.96. The predicted molar refractivity (Wildman–Crippen MR) is 110 cm³/mol. The Labute approximate surface area is 175 Å². The van der Waals surface area contributed by atoms with Crippen molar-refractivity contribution in [3.8, 4) is 5.69 Å². The average Bonchev–Trinajstić information content (AvgIpc) is 3.13. The van der Waals surface area contributed by atoms with Crippen molar-refractivity contribution in [2.75, 3.05) is 6.54 Å². The summed E-state index contributed by atoms with van der Waals surface area (Å²) in [7, 11) is 0. The number of benzene rings is 1. The molecule has 4 rings (SSSR count). The zero-order valence-corrected chi connectivity index (χ0v) is 17.5. The van der Waals surface area contributed by atoms with Gasteiger partial charge in [0.15, 0.2) is 5.78 Å². The smallest absolute Gasteiger partial charge is 0.323 e. The monoisotopic (exact) mass is 411 g/mol. The number of urea groups is 1. The van der Waals surface area contributed by atoms with E-state index in [4.69, 9.17) is 0 Å². The minimum Gasteiger partial charge on any atom is -0.323 e. The number of aryl methyl sites for hydroxylation is 1. The van der Waals surface area contributed by atoms with Gasteiger partial charge in [0, 0.05) is 17.0 Å². The first-order valence-electron chi connectivity index (χ1n) is 10.3. The van der Waals surface area contributed by atoms with Crippen molar-refractivity contribution in [1.29, 1.82) is 0 Å². The van der Waals surface area contributed by atoms with Gasteiger partial charge in [-0.1, -0.05) is 19.1 Å². The second kappa shape index (κ2) is 7.38. The van der Waals surface area contributed by atoms with Crippen molar-refractivity contribution in [2.45, 2.75) is 52.0 Å². The summed E-state index contributed by atoms with van der Waals surface area (Å²) < 4.78 is 16.0. The highest BCUT2D eigenvalue weighted by Gasteiger charge is 2.52. The van der Waals surface area contributed by atoms with Gasteiger partial charge in [0.05, 0.1) is 12.2 Å². The molecule has 2 heterocycles. The van der Waals surface area contributed by atoms with Crippen molar-refractivity contribution in [3.63, 3.8) is 0 Å². The summed E-state index contributed by atoms with van der Waals surface area (Å²) in [6.07, 6.45) is 2.95. The minimum absolute atomic E-state index is 0.310. The molecule has 1 aliphatic carbocycles. The number of halogens is 1. The molecule has 2 aliphatic rings. The van der Waals surface area contributed by atoms with Crippen molar-refractivity contribution in [1.82, 2.24) is 14.8 Å². The SMILES string of the molecule is Cc1cc(C(=O)CN2C(=O)NC3(CCC(C)CC3)C2=O)c(C)n1-c1ccccc1F. The highest BCUT2D eigenvalue weighted by atomic mass is 19.1. The lowest BCUT2D eigenvalue weighted by molar-refractivity contribution is -0.132. The van der Waals surface area contributed by atoms with E-state index in [9.17, 15) is 18.8 Å². The van der Waals surface area contributed by atoms with Gasteiger partial charge in [-0.15, -0.1) is 0 Å². The normalized spacial score (nSPS) is 23.9. The van der Waals surface area contributed by atoms with E-state index in [0.717, 1.165) is 17.7 Å². The summed E-state index contributed by atoms with van der Waals surface area (Å²) in [5, 5.41) is 2.84. The molecule has 0 radical (unpaired) electrons. The van der Waals surface area contributed by atoms with Gasteiger partial charge >= 0.3 is 6.03 Å². The van der Waals surface area contributed by atoms with Crippen LogP contribution in [0.1, 0.15) is 54.4 Å². The van der Waals surface area contributed by atoms with E-state index in [1.165, 1.54) is 6.07 Å². The quantitative estimate of drug-likeness (QED) is 0.612. The highest BCUT2D eigenvalue weighted by Crippen LogP contribution is 2.36. The summed E-state index contributed by atoms with van der Waals surface area (Å²) in [6, 6.07) is 7.53. The van der Waals surface area contributed by atoms with Crippen LogP contribution in [0, 0.1) is 25.6 Å². The third kappa shape index (κ3) is 3.22. The summed E-state index contributed by atoms with van der Waals surface area (Å²) in [5.41, 5.74) is 1.16. The molecule has 1 aliphatic heterocycles. The zero-order chi connectivity index (χ0) is 21.6. The number of carbonyl (C=O) groups excluding carboxylic acids is 3. The molecule has 1 saturated carbocycles. The molecule has 0 bridgehead atoms. The molecule has 6 nitrogen and oxygen atoms in total. The van der Waals surface area contributed by atoms with Crippen LogP contribution in [0.15, 0.2) is 30.3 Å². The van der Waals surface area contributed by atoms with E-state index in [1.807, 2.05) is 0 Å². The van der Waals surface area contributed by atoms with Crippen molar-refractivity contribution >= 4 is 17.7 Å². The number of nitrogens with zero attached hydrogens (tertiary/aromatic N) is 2. The number of carbonyl (C=O) groups is 3. The second-order valence-corrected chi connectivity index (χ2v) is 8.58. The fraction of sp³-hybridized carbons (Fsp3) is 0.435. The van der Waals surface area contributed by atoms with E-state index in [0.29, 0.717) is 41.4 Å². The van der Waals surface area contributed by atoms with E-state index in [1.54, 1.807) is 42.7 Å². The first kappa shape index (κ1) is 20.3. The number of Topliss-reactive ketones (excluding diaryl/α,β-unsaturated/α-hetero) is 1. The molecule has 2 fully saturated rings. The lowest BCUT2D eigenvalue weighted by Crippen LogP contribution is -2.49. The molecule has 1 aromatic heterocycles. The Morgan fingerprint density at radius 1 is 1.20 bits per heavy atom. The number of aromatic nitrogens is 1. The number of nitrogens with one attached hydrogen (secondary N) is 1. The van der Waals surface area contributed by atoms with E-state index < -0.39 is 11.6 Å². The molecule has 0 atom stereocenters. The van der Waals surface area contributed by atoms with Crippen molar-refractivity contribution in [2.24, 2.45) is 5.92 Å². The van der Waals surface area contributed by atoms with Crippen LogP contribution >= 0.6 is 0 Å². The maximum Gasteiger partial charge on any atom is 0.325 e. The number of ketones is 1. The van der Waals surface area contributed by atoms with Gasteiger partial charge in [-0.25, -0.2) is 9.18 Å². The topological polar surface area (TPSA) is 71.4 Å². The predicted octanol–water partition coefficient (Wildman–Crippen LogP) is 3.92. The molecule has 1 spiro atoms. The lowest BCUT2D eigenvalue weighted by Gasteiger charge is -2.33. The maximum atomic E-state index is 14.3. The van der Waals surface area contributed by atoms with Gasteiger partial charge in [-0.05, 0) is 63.6 Å². The molecule has 7 heteroatoms.